The molecule has 2 aliphatic rings. The van der Waals surface area contributed by atoms with Crippen molar-refractivity contribution in [2.24, 2.45) is 5.92 Å². The zero-order valence-corrected chi connectivity index (χ0v) is 11.5. The van der Waals surface area contributed by atoms with Crippen LogP contribution in [0.25, 0.3) is 0 Å². The van der Waals surface area contributed by atoms with Crippen molar-refractivity contribution in [3.63, 3.8) is 0 Å². The molecule has 2 fully saturated rings. The minimum atomic E-state index is -0.195. The van der Waals surface area contributed by atoms with E-state index in [0.29, 0.717) is 6.42 Å². The SMILES string of the molecule is C=O.CC.CNC(C#N)CC1CC2(CC2)NC1=O. The maximum absolute atomic E-state index is 11.5. The Balaban J connectivity index is 0.000000659. The van der Waals surface area contributed by atoms with Crippen molar-refractivity contribution in [3.05, 3.63) is 0 Å². The van der Waals surface area contributed by atoms with E-state index >= 15 is 0 Å². The van der Waals surface area contributed by atoms with Gasteiger partial charge in [0.1, 0.15) is 6.79 Å². The van der Waals surface area contributed by atoms with Gasteiger partial charge in [-0.2, -0.15) is 5.26 Å². The van der Waals surface area contributed by atoms with Gasteiger partial charge in [0.05, 0.1) is 12.1 Å². The highest BCUT2D eigenvalue weighted by Gasteiger charge is 2.52. The summed E-state index contributed by atoms with van der Waals surface area (Å²) in [6, 6.07) is 1.96. The van der Waals surface area contributed by atoms with Gasteiger partial charge in [-0.25, -0.2) is 0 Å². The Morgan fingerprint density at radius 3 is 2.44 bits per heavy atom. The molecule has 0 aromatic heterocycles. The van der Waals surface area contributed by atoms with Gasteiger partial charge in [0.15, 0.2) is 0 Å². The summed E-state index contributed by atoms with van der Waals surface area (Å²) >= 11 is 0. The quantitative estimate of drug-likeness (QED) is 0.786. The summed E-state index contributed by atoms with van der Waals surface area (Å²) in [7, 11) is 1.76. The van der Waals surface area contributed by atoms with Crippen molar-refractivity contribution < 1.29 is 9.59 Å². The molecule has 2 atom stereocenters. The zero-order valence-electron chi connectivity index (χ0n) is 11.5. The third kappa shape index (κ3) is 4.11. The van der Waals surface area contributed by atoms with E-state index in [4.69, 9.17) is 10.1 Å². The van der Waals surface area contributed by atoms with Crippen LogP contribution in [0.1, 0.15) is 39.5 Å². The molecular formula is C13H23N3O2. The van der Waals surface area contributed by atoms with Crippen molar-refractivity contribution in [2.75, 3.05) is 7.05 Å². The van der Waals surface area contributed by atoms with Gasteiger partial charge in [-0.3, -0.25) is 4.79 Å². The summed E-state index contributed by atoms with van der Waals surface area (Å²) in [5.74, 6) is 0.174. The standard InChI is InChI=1S/C10H15N3O.C2H6.CH2O/c1-12-8(6-11)4-7-5-10(2-3-10)13-9(7)14;2*1-2/h7-8,12H,2-5H2,1H3,(H,13,14);1-2H3;1H2. The molecule has 5 nitrogen and oxygen atoms in total. The lowest BCUT2D eigenvalue weighted by molar-refractivity contribution is -0.122. The lowest BCUT2D eigenvalue weighted by atomic mass is 9.96. The molecule has 1 spiro atoms. The van der Waals surface area contributed by atoms with Crippen LogP contribution in [0.5, 0.6) is 0 Å². The second-order valence-corrected chi connectivity index (χ2v) is 4.38. The Hall–Kier alpha value is -1.41. The van der Waals surface area contributed by atoms with E-state index in [-0.39, 0.29) is 23.4 Å². The number of carbonyl (C=O) groups excluding carboxylic acids is 2. The van der Waals surface area contributed by atoms with Gasteiger partial charge in [-0.05, 0) is 32.7 Å². The van der Waals surface area contributed by atoms with Crippen LogP contribution in [-0.4, -0.2) is 31.3 Å². The predicted molar refractivity (Wildman–Crippen MR) is 69.8 cm³/mol. The maximum atomic E-state index is 11.5. The van der Waals surface area contributed by atoms with Crippen molar-refractivity contribution in [2.45, 2.75) is 51.1 Å². The monoisotopic (exact) mass is 253 g/mol. The summed E-state index contributed by atoms with van der Waals surface area (Å²) in [5, 5.41) is 14.7. The summed E-state index contributed by atoms with van der Waals surface area (Å²) in [6.45, 7) is 6.00. The number of nitrogens with one attached hydrogen (secondary N) is 2. The molecule has 1 heterocycles. The van der Waals surface area contributed by atoms with E-state index in [1.807, 2.05) is 20.6 Å². The number of nitrogens with zero attached hydrogens (tertiary/aromatic N) is 1. The molecule has 2 rings (SSSR count). The van der Waals surface area contributed by atoms with E-state index in [0.717, 1.165) is 19.3 Å². The van der Waals surface area contributed by atoms with Crippen LogP contribution in [-0.2, 0) is 9.59 Å². The van der Waals surface area contributed by atoms with Crippen LogP contribution >= 0.6 is 0 Å². The number of carbonyl (C=O) groups is 2. The van der Waals surface area contributed by atoms with Crippen molar-refractivity contribution >= 4 is 12.7 Å². The summed E-state index contributed by atoms with van der Waals surface area (Å²) in [4.78, 5) is 19.5. The molecule has 18 heavy (non-hydrogen) atoms. The smallest absolute Gasteiger partial charge is 0.223 e. The number of rotatable bonds is 3. The first-order valence-electron chi connectivity index (χ1n) is 6.37. The molecule has 5 heteroatoms. The average Bonchev–Trinajstić information content (AvgIpc) is 3.10. The molecule has 0 aromatic carbocycles. The van der Waals surface area contributed by atoms with Crippen LogP contribution in [0.3, 0.4) is 0 Å². The van der Waals surface area contributed by atoms with Gasteiger partial charge in [0.2, 0.25) is 5.91 Å². The Morgan fingerprint density at radius 2 is 2.11 bits per heavy atom. The van der Waals surface area contributed by atoms with Gasteiger partial charge in [0, 0.05) is 11.5 Å². The van der Waals surface area contributed by atoms with Crippen LogP contribution < -0.4 is 10.6 Å². The fraction of sp³-hybridized carbons (Fsp3) is 0.769. The molecule has 102 valence electrons. The summed E-state index contributed by atoms with van der Waals surface area (Å²) in [6.07, 6.45) is 3.80. The third-order valence-electron chi connectivity index (χ3n) is 3.27. The van der Waals surface area contributed by atoms with E-state index in [9.17, 15) is 4.79 Å². The Labute approximate surface area is 109 Å². The first-order chi connectivity index (χ1) is 8.69. The topological polar surface area (TPSA) is 82.0 Å². The number of hydrogen-bond donors (Lipinski definition) is 2. The second-order valence-electron chi connectivity index (χ2n) is 4.38. The predicted octanol–water partition coefficient (Wildman–Crippen LogP) is 0.998. The molecule has 1 aliphatic heterocycles. The van der Waals surface area contributed by atoms with E-state index in [2.05, 4.69) is 16.7 Å². The van der Waals surface area contributed by atoms with E-state index in [1.54, 1.807) is 7.05 Å². The highest BCUT2D eigenvalue weighted by molar-refractivity contribution is 5.83. The average molecular weight is 253 g/mol. The number of hydrogen-bond acceptors (Lipinski definition) is 4. The van der Waals surface area contributed by atoms with Crippen LogP contribution in [0, 0.1) is 17.2 Å². The summed E-state index contributed by atoms with van der Waals surface area (Å²) in [5.41, 5.74) is 0.134. The molecular weight excluding hydrogens is 230 g/mol. The largest absolute Gasteiger partial charge is 0.350 e. The minimum absolute atomic E-state index is 0.0367. The first-order valence-corrected chi connectivity index (χ1v) is 6.37. The van der Waals surface area contributed by atoms with Gasteiger partial charge in [-0.1, -0.05) is 13.8 Å². The van der Waals surface area contributed by atoms with Crippen LogP contribution in [0.2, 0.25) is 0 Å². The van der Waals surface area contributed by atoms with Gasteiger partial charge < -0.3 is 15.4 Å². The van der Waals surface area contributed by atoms with E-state index < -0.39 is 0 Å². The molecule has 1 amide bonds. The fourth-order valence-corrected chi connectivity index (χ4v) is 2.17. The lowest BCUT2D eigenvalue weighted by Gasteiger charge is -2.11. The maximum Gasteiger partial charge on any atom is 0.223 e. The van der Waals surface area contributed by atoms with E-state index in [1.165, 1.54) is 0 Å². The van der Waals surface area contributed by atoms with Crippen LogP contribution in [0.15, 0.2) is 0 Å². The molecule has 1 aliphatic carbocycles. The molecule has 1 saturated carbocycles. The van der Waals surface area contributed by atoms with Gasteiger partial charge in [0.25, 0.3) is 0 Å². The van der Waals surface area contributed by atoms with Gasteiger partial charge >= 0.3 is 0 Å². The molecule has 0 radical (unpaired) electrons. The molecule has 0 aromatic rings. The number of amides is 1. The Morgan fingerprint density at radius 1 is 1.56 bits per heavy atom. The number of nitriles is 1. The summed E-state index contributed by atoms with van der Waals surface area (Å²) < 4.78 is 0. The second kappa shape index (κ2) is 7.83. The fourth-order valence-electron chi connectivity index (χ4n) is 2.17. The molecule has 1 saturated heterocycles. The van der Waals surface area contributed by atoms with Crippen molar-refractivity contribution in [1.29, 1.82) is 5.26 Å². The zero-order chi connectivity index (χ0) is 14.2. The van der Waals surface area contributed by atoms with Gasteiger partial charge in [-0.15, -0.1) is 0 Å². The highest BCUT2D eigenvalue weighted by Crippen LogP contribution is 2.46. The molecule has 2 N–H and O–H groups in total. The highest BCUT2D eigenvalue weighted by atomic mass is 16.2. The third-order valence-corrected chi connectivity index (χ3v) is 3.27. The van der Waals surface area contributed by atoms with Crippen molar-refractivity contribution in [1.82, 2.24) is 10.6 Å². The Bertz CT molecular complexity index is 308. The van der Waals surface area contributed by atoms with Crippen LogP contribution in [0.4, 0.5) is 0 Å². The van der Waals surface area contributed by atoms with Crippen molar-refractivity contribution in [3.8, 4) is 6.07 Å². The molecule has 2 unspecified atom stereocenters. The normalized spacial score (nSPS) is 23.7. The molecule has 0 bridgehead atoms. The Kier molecular flexibility index (Phi) is 7.21. The minimum Gasteiger partial charge on any atom is -0.350 e. The lowest BCUT2D eigenvalue weighted by Crippen LogP contribution is -2.30. The first kappa shape index (κ1) is 16.6.